The maximum atomic E-state index is 11.3. The Kier molecular flexibility index (Phi) is 3.38. The van der Waals surface area contributed by atoms with Crippen LogP contribution in [-0.2, 0) is 6.54 Å². The topological polar surface area (TPSA) is 107 Å². The first-order chi connectivity index (χ1) is 8.66. The molecule has 0 aliphatic heterocycles. The number of amides is 1. The standard InChI is InChI=1S/C12H13N5O/c13-8-1-2-10(12(14)18)11(5-8)16-6-9-3-4-15-7-17-9/h1-5,7,16H,6,13H2,(H2,14,18). The number of carbonyl (C=O) groups is 1. The van der Waals surface area contributed by atoms with Crippen molar-refractivity contribution in [3.8, 4) is 0 Å². The van der Waals surface area contributed by atoms with Crippen LogP contribution in [0.2, 0.25) is 0 Å². The van der Waals surface area contributed by atoms with E-state index in [1.54, 1.807) is 30.5 Å². The first-order valence-corrected chi connectivity index (χ1v) is 5.35. The number of aromatic nitrogens is 2. The van der Waals surface area contributed by atoms with E-state index in [2.05, 4.69) is 15.3 Å². The molecule has 0 unspecified atom stereocenters. The number of benzene rings is 1. The summed E-state index contributed by atoms with van der Waals surface area (Å²) in [6.07, 6.45) is 3.11. The maximum absolute atomic E-state index is 11.3. The average Bonchev–Trinajstić information content (AvgIpc) is 2.37. The first kappa shape index (κ1) is 11.8. The van der Waals surface area contributed by atoms with Crippen molar-refractivity contribution < 1.29 is 4.79 Å². The lowest BCUT2D eigenvalue weighted by atomic mass is 10.1. The molecular weight excluding hydrogens is 230 g/mol. The summed E-state index contributed by atoms with van der Waals surface area (Å²) in [5.74, 6) is -0.500. The summed E-state index contributed by atoms with van der Waals surface area (Å²) in [6.45, 7) is 0.465. The molecule has 0 aliphatic rings. The molecule has 5 N–H and O–H groups in total. The number of nitrogens with one attached hydrogen (secondary N) is 1. The zero-order valence-electron chi connectivity index (χ0n) is 9.63. The fourth-order valence-corrected chi connectivity index (χ4v) is 1.53. The Morgan fingerprint density at radius 3 is 2.83 bits per heavy atom. The number of nitrogen functional groups attached to an aromatic ring is 1. The molecule has 0 aliphatic carbocycles. The number of hydrogen-bond donors (Lipinski definition) is 3. The summed E-state index contributed by atoms with van der Waals surface area (Å²) in [7, 11) is 0. The van der Waals surface area contributed by atoms with E-state index >= 15 is 0 Å². The van der Waals surface area contributed by atoms with E-state index in [9.17, 15) is 4.79 Å². The van der Waals surface area contributed by atoms with E-state index in [4.69, 9.17) is 11.5 Å². The van der Waals surface area contributed by atoms with Crippen molar-refractivity contribution in [2.75, 3.05) is 11.1 Å². The van der Waals surface area contributed by atoms with Gasteiger partial charge in [0, 0.05) is 17.6 Å². The minimum atomic E-state index is -0.500. The minimum absolute atomic E-state index is 0.401. The predicted octanol–water partition coefficient (Wildman–Crippen LogP) is 0.770. The van der Waals surface area contributed by atoms with Crippen molar-refractivity contribution in [3.63, 3.8) is 0 Å². The molecule has 0 saturated carbocycles. The fraction of sp³-hybridized carbons (Fsp3) is 0.0833. The van der Waals surface area contributed by atoms with Gasteiger partial charge in [0.05, 0.1) is 17.8 Å². The Morgan fingerprint density at radius 2 is 2.17 bits per heavy atom. The summed E-state index contributed by atoms with van der Waals surface area (Å²) in [5.41, 5.74) is 13.3. The number of nitrogens with two attached hydrogens (primary N) is 2. The van der Waals surface area contributed by atoms with Crippen LogP contribution in [0.15, 0.2) is 36.8 Å². The van der Waals surface area contributed by atoms with E-state index in [0.717, 1.165) is 5.69 Å². The summed E-state index contributed by atoms with van der Waals surface area (Å²) in [4.78, 5) is 19.2. The molecule has 0 spiro atoms. The third-order valence-electron chi connectivity index (χ3n) is 2.41. The van der Waals surface area contributed by atoms with Crippen LogP contribution in [0.4, 0.5) is 11.4 Å². The van der Waals surface area contributed by atoms with Crippen LogP contribution < -0.4 is 16.8 Å². The fourth-order valence-electron chi connectivity index (χ4n) is 1.53. The van der Waals surface area contributed by atoms with E-state index in [1.807, 2.05) is 0 Å². The third kappa shape index (κ3) is 2.73. The Labute approximate surface area is 104 Å². The van der Waals surface area contributed by atoms with Gasteiger partial charge >= 0.3 is 0 Å². The van der Waals surface area contributed by atoms with Crippen LogP contribution >= 0.6 is 0 Å². The molecular formula is C12H13N5O. The van der Waals surface area contributed by atoms with Gasteiger partial charge in [-0.25, -0.2) is 9.97 Å². The predicted molar refractivity (Wildman–Crippen MR) is 68.7 cm³/mol. The number of anilines is 2. The van der Waals surface area contributed by atoms with Gasteiger partial charge in [-0.1, -0.05) is 0 Å². The zero-order chi connectivity index (χ0) is 13.0. The Morgan fingerprint density at radius 1 is 1.33 bits per heavy atom. The van der Waals surface area contributed by atoms with Gasteiger partial charge in [-0.05, 0) is 24.3 Å². The van der Waals surface area contributed by atoms with Gasteiger partial charge in [0.2, 0.25) is 0 Å². The molecule has 1 heterocycles. The lowest BCUT2D eigenvalue weighted by Crippen LogP contribution is -2.15. The Balaban J connectivity index is 2.18. The molecule has 92 valence electrons. The molecule has 2 rings (SSSR count). The molecule has 2 aromatic rings. The summed E-state index contributed by atoms with van der Waals surface area (Å²) in [6, 6.07) is 6.68. The van der Waals surface area contributed by atoms with Gasteiger partial charge in [-0.2, -0.15) is 0 Å². The second kappa shape index (κ2) is 5.13. The first-order valence-electron chi connectivity index (χ1n) is 5.35. The van der Waals surface area contributed by atoms with Crippen LogP contribution in [0.1, 0.15) is 16.1 Å². The molecule has 1 aromatic carbocycles. The Hall–Kier alpha value is -2.63. The van der Waals surface area contributed by atoms with Crippen molar-refractivity contribution in [1.82, 2.24) is 9.97 Å². The van der Waals surface area contributed by atoms with Gasteiger partial charge < -0.3 is 16.8 Å². The quantitative estimate of drug-likeness (QED) is 0.687. The number of hydrogen-bond acceptors (Lipinski definition) is 5. The zero-order valence-corrected chi connectivity index (χ0v) is 9.63. The van der Waals surface area contributed by atoms with Gasteiger partial charge in [0.25, 0.3) is 5.91 Å². The highest BCUT2D eigenvalue weighted by Gasteiger charge is 2.08. The summed E-state index contributed by atoms with van der Waals surface area (Å²) in [5, 5.41) is 3.08. The van der Waals surface area contributed by atoms with Crippen LogP contribution in [0.5, 0.6) is 0 Å². The van der Waals surface area contributed by atoms with Crippen LogP contribution in [-0.4, -0.2) is 15.9 Å². The lowest BCUT2D eigenvalue weighted by molar-refractivity contribution is 0.100. The highest BCUT2D eigenvalue weighted by Crippen LogP contribution is 2.19. The van der Waals surface area contributed by atoms with Crippen molar-refractivity contribution in [2.45, 2.75) is 6.54 Å². The largest absolute Gasteiger partial charge is 0.399 e. The molecule has 0 saturated heterocycles. The molecule has 0 bridgehead atoms. The lowest BCUT2D eigenvalue weighted by Gasteiger charge is -2.10. The summed E-state index contributed by atoms with van der Waals surface area (Å²) < 4.78 is 0. The molecule has 6 heteroatoms. The van der Waals surface area contributed by atoms with Crippen molar-refractivity contribution >= 4 is 17.3 Å². The maximum Gasteiger partial charge on any atom is 0.250 e. The molecule has 0 atom stereocenters. The van der Waals surface area contributed by atoms with Crippen molar-refractivity contribution in [3.05, 3.63) is 48.0 Å². The molecule has 1 amide bonds. The monoisotopic (exact) mass is 243 g/mol. The second-order valence-electron chi connectivity index (χ2n) is 3.72. The molecule has 0 fully saturated rings. The van der Waals surface area contributed by atoms with Gasteiger partial charge in [-0.3, -0.25) is 4.79 Å². The average molecular weight is 243 g/mol. The van der Waals surface area contributed by atoms with Gasteiger partial charge in [0.15, 0.2) is 0 Å². The highest BCUT2D eigenvalue weighted by atomic mass is 16.1. The number of primary amides is 1. The number of carbonyl (C=O) groups excluding carboxylic acids is 1. The molecule has 1 aromatic heterocycles. The second-order valence-corrected chi connectivity index (χ2v) is 3.72. The van der Waals surface area contributed by atoms with Gasteiger partial charge in [-0.15, -0.1) is 0 Å². The SMILES string of the molecule is NC(=O)c1ccc(N)cc1NCc1ccncn1. The van der Waals surface area contributed by atoms with E-state index in [-0.39, 0.29) is 0 Å². The van der Waals surface area contributed by atoms with Crippen LogP contribution in [0, 0.1) is 0 Å². The summed E-state index contributed by atoms with van der Waals surface area (Å²) >= 11 is 0. The highest BCUT2D eigenvalue weighted by molar-refractivity contribution is 5.99. The Bertz CT molecular complexity index is 556. The molecule has 6 nitrogen and oxygen atoms in total. The minimum Gasteiger partial charge on any atom is -0.399 e. The van der Waals surface area contributed by atoms with Gasteiger partial charge in [0.1, 0.15) is 6.33 Å². The van der Waals surface area contributed by atoms with E-state index in [0.29, 0.717) is 23.5 Å². The molecule has 18 heavy (non-hydrogen) atoms. The normalized spacial score (nSPS) is 10.0. The van der Waals surface area contributed by atoms with Crippen LogP contribution in [0.25, 0.3) is 0 Å². The number of nitrogens with zero attached hydrogens (tertiary/aromatic N) is 2. The number of rotatable bonds is 4. The van der Waals surface area contributed by atoms with E-state index < -0.39 is 5.91 Å². The smallest absolute Gasteiger partial charge is 0.250 e. The van der Waals surface area contributed by atoms with Crippen molar-refractivity contribution in [1.29, 1.82) is 0 Å². The van der Waals surface area contributed by atoms with Crippen molar-refractivity contribution in [2.24, 2.45) is 5.73 Å². The van der Waals surface area contributed by atoms with Crippen LogP contribution in [0.3, 0.4) is 0 Å². The third-order valence-corrected chi connectivity index (χ3v) is 2.41. The van der Waals surface area contributed by atoms with E-state index in [1.165, 1.54) is 6.33 Å². The molecule has 0 radical (unpaired) electrons.